The Balaban J connectivity index is 3.72. The summed E-state index contributed by atoms with van der Waals surface area (Å²) in [5.41, 5.74) is 0. The molecule has 0 bridgehead atoms. The van der Waals surface area contributed by atoms with Crippen molar-refractivity contribution < 1.29 is 9.53 Å². The fraction of sp³-hybridized carbons (Fsp3) is 0.667. The quantitative estimate of drug-likeness (QED) is 0.540. The van der Waals surface area contributed by atoms with Gasteiger partial charge in [-0.05, 0) is 19.8 Å². The number of hydrogen-bond acceptors (Lipinski definition) is 2. The first-order valence-corrected chi connectivity index (χ1v) is 5.02. The van der Waals surface area contributed by atoms with Crippen molar-refractivity contribution in [1.29, 1.82) is 0 Å². The predicted octanol–water partition coefficient (Wildman–Crippen LogP) is 3.02. The number of ether oxygens (including phenoxy) is 1. The minimum atomic E-state index is -0.263. The van der Waals surface area contributed by atoms with Crippen LogP contribution in [0.1, 0.15) is 33.1 Å². The van der Waals surface area contributed by atoms with Crippen LogP contribution in [-0.2, 0) is 9.53 Å². The van der Waals surface area contributed by atoms with Gasteiger partial charge in [0, 0.05) is 10.6 Å². The summed E-state index contributed by atoms with van der Waals surface area (Å²) >= 11 is 3.31. The molecule has 0 aromatic carbocycles. The molecule has 0 aromatic rings. The van der Waals surface area contributed by atoms with Gasteiger partial charge in [-0.25, -0.2) is 4.79 Å². The van der Waals surface area contributed by atoms with Crippen molar-refractivity contribution in [1.82, 2.24) is 0 Å². The van der Waals surface area contributed by atoms with Gasteiger partial charge in [0.25, 0.3) is 0 Å². The molecule has 0 heterocycles. The molecular formula is C9H15BrO2. The van der Waals surface area contributed by atoms with E-state index in [4.69, 9.17) is 4.74 Å². The van der Waals surface area contributed by atoms with E-state index in [2.05, 4.69) is 22.9 Å². The van der Waals surface area contributed by atoms with Crippen molar-refractivity contribution in [3.63, 3.8) is 0 Å². The van der Waals surface area contributed by atoms with Gasteiger partial charge in [0.2, 0.25) is 0 Å². The van der Waals surface area contributed by atoms with E-state index in [1.165, 1.54) is 6.08 Å². The molecule has 0 radical (unpaired) electrons. The first-order chi connectivity index (χ1) is 5.70. The SMILES string of the molecule is CCCCC(Br)=CC(=O)OCC. The molecule has 3 heteroatoms. The van der Waals surface area contributed by atoms with Crippen molar-refractivity contribution >= 4 is 21.9 Å². The Hall–Kier alpha value is -0.310. The normalized spacial score (nSPS) is 11.4. The zero-order chi connectivity index (χ0) is 9.40. The summed E-state index contributed by atoms with van der Waals surface area (Å²) in [5.74, 6) is -0.263. The van der Waals surface area contributed by atoms with Gasteiger partial charge in [-0.1, -0.05) is 29.3 Å². The van der Waals surface area contributed by atoms with Crippen LogP contribution in [0.15, 0.2) is 10.6 Å². The summed E-state index contributed by atoms with van der Waals surface area (Å²) in [6.07, 6.45) is 4.64. The highest BCUT2D eigenvalue weighted by Crippen LogP contribution is 2.13. The molecule has 0 aromatic heterocycles. The molecule has 0 atom stereocenters. The van der Waals surface area contributed by atoms with Crippen molar-refractivity contribution in [2.75, 3.05) is 6.61 Å². The van der Waals surface area contributed by atoms with Crippen LogP contribution in [0.2, 0.25) is 0 Å². The Morgan fingerprint density at radius 1 is 1.50 bits per heavy atom. The first-order valence-electron chi connectivity index (χ1n) is 4.23. The second-order valence-corrected chi connectivity index (χ2v) is 3.47. The van der Waals surface area contributed by atoms with Gasteiger partial charge in [-0.3, -0.25) is 0 Å². The molecule has 0 amide bonds. The maximum Gasteiger partial charge on any atom is 0.331 e. The van der Waals surface area contributed by atoms with E-state index in [1.807, 2.05) is 0 Å². The fourth-order valence-corrected chi connectivity index (χ4v) is 1.20. The van der Waals surface area contributed by atoms with Gasteiger partial charge in [0.15, 0.2) is 0 Å². The van der Waals surface area contributed by atoms with E-state index < -0.39 is 0 Å². The monoisotopic (exact) mass is 234 g/mol. The number of unbranched alkanes of at least 4 members (excludes halogenated alkanes) is 1. The highest BCUT2D eigenvalue weighted by atomic mass is 79.9. The average Bonchev–Trinajstić information content (AvgIpc) is 2.01. The molecule has 0 rings (SSSR count). The number of carbonyl (C=O) groups is 1. The Kier molecular flexibility index (Phi) is 7.16. The lowest BCUT2D eigenvalue weighted by Crippen LogP contribution is -1.99. The number of halogens is 1. The van der Waals surface area contributed by atoms with E-state index in [1.54, 1.807) is 6.92 Å². The summed E-state index contributed by atoms with van der Waals surface area (Å²) in [6, 6.07) is 0. The third-order valence-electron chi connectivity index (χ3n) is 1.33. The maximum absolute atomic E-state index is 10.9. The third-order valence-corrected chi connectivity index (χ3v) is 1.96. The Labute approximate surface area is 82.1 Å². The predicted molar refractivity (Wildman–Crippen MR) is 53.2 cm³/mol. The molecule has 0 aliphatic rings. The molecule has 0 unspecified atom stereocenters. The molecular weight excluding hydrogens is 220 g/mol. The number of allylic oxidation sites excluding steroid dienone is 1. The molecule has 70 valence electrons. The van der Waals surface area contributed by atoms with Crippen LogP contribution in [0.4, 0.5) is 0 Å². The van der Waals surface area contributed by atoms with Crippen molar-refractivity contribution in [3.8, 4) is 0 Å². The summed E-state index contributed by atoms with van der Waals surface area (Å²) in [7, 11) is 0. The lowest BCUT2D eigenvalue weighted by molar-refractivity contribution is -0.137. The van der Waals surface area contributed by atoms with Crippen LogP contribution in [0, 0.1) is 0 Å². The number of rotatable bonds is 5. The lowest BCUT2D eigenvalue weighted by atomic mass is 10.2. The van der Waals surface area contributed by atoms with Crippen LogP contribution in [0.5, 0.6) is 0 Å². The zero-order valence-electron chi connectivity index (χ0n) is 7.60. The largest absolute Gasteiger partial charge is 0.463 e. The highest BCUT2D eigenvalue weighted by Gasteiger charge is 1.98. The third kappa shape index (κ3) is 6.40. The topological polar surface area (TPSA) is 26.3 Å². The average molecular weight is 235 g/mol. The van der Waals surface area contributed by atoms with E-state index in [0.29, 0.717) is 6.61 Å². The second-order valence-electron chi connectivity index (χ2n) is 2.45. The molecule has 0 N–H and O–H groups in total. The molecule has 0 fully saturated rings. The van der Waals surface area contributed by atoms with Crippen LogP contribution in [-0.4, -0.2) is 12.6 Å². The van der Waals surface area contributed by atoms with Gasteiger partial charge in [0.05, 0.1) is 6.61 Å². The fourth-order valence-electron chi connectivity index (χ4n) is 0.730. The molecule has 0 saturated carbocycles. The summed E-state index contributed by atoms with van der Waals surface area (Å²) in [5, 5.41) is 0. The summed E-state index contributed by atoms with van der Waals surface area (Å²) in [6.45, 7) is 4.35. The van der Waals surface area contributed by atoms with Crippen LogP contribution in [0.25, 0.3) is 0 Å². The molecule has 0 spiro atoms. The first kappa shape index (κ1) is 11.7. The second kappa shape index (κ2) is 7.35. The molecule has 12 heavy (non-hydrogen) atoms. The Morgan fingerprint density at radius 3 is 2.67 bits per heavy atom. The van der Waals surface area contributed by atoms with E-state index >= 15 is 0 Å². The van der Waals surface area contributed by atoms with Crippen LogP contribution >= 0.6 is 15.9 Å². The lowest BCUT2D eigenvalue weighted by Gasteiger charge is -1.98. The van der Waals surface area contributed by atoms with E-state index in [0.717, 1.165) is 23.7 Å². The Bertz CT molecular complexity index is 164. The van der Waals surface area contributed by atoms with Crippen molar-refractivity contribution in [3.05, 3.63) is 10.6 Å². The minimum absolute atomic E-state index is 0.263. The minimum Gasteiger partial charge on any atom is -0.463 e. The smallest absolute Gasteiger partial charge is 0.331 e. The van der Waals surface area contributed by atoms with Gasteiger partial charge >= 0.3 is 5.97 Å². The number of hydrogen-bond donors (Lipinski definition) is 0. The maximum atomic E-state index is 10.9. The van der Waals surface area contributed by atoms with Crippen LogP contribution in [0.3, 0.4) is 0 Å². The van der Waals surface area contributed by atoms with Crippen molar-refractivity contribution in [2.24, 2.45) is 0 Å². The number of esters is 1. The number of carbonyl (C=O) groups excluding carboxylic acids is 1. The van der Waals surface area contributed by atoms with Gasteiger partial charge in [-0.2, -0.15) is 0 Å². The van der Waals surface area contributed by atoms with Crippen molar-refractivity contribution in [2.45, 2.75) is 33.1 Å². The zero-order valence-corrected chi connectivity index (χ0v) is 9.19. The standard InChI is InChI=1S/C9H15BrO2/c1-3-5-6-8(10)7-9(11)12-4-2/h7H,3-6H2,1-2H3. The van der Waals surface area contributed by atoms with E-state index in [9.17, 15) is 4.79 Å². The molecule has 0 saturated heterocycles. The summed E-state index contributed by atoms with van der Waals surface area (Å²) < 4.78 is 5.67. The molecule has 0 aliphatic heterocycles. The highest BCUT2D eigenvalue weighted by molar-refractivity contribution is 9.11. The van der Waals surface area contributed by atoms with Crippen LogP contribution < -0.4 is 0 Å². The molecule has 0 aliphatic carbocycles. The summed E-state index contributed by atoms with van der Waals surface area (Å²) in [4.78, 5) is 10.9. The van der Waals surface area contributed by atoms with E-state index in [-0.39, 0.29) is 5.97 Å². The van der Waals surface area contributed by atoms with Gasteiger partial charge in [0.1, 0.15) is 0 Å². The van der Waals surface area contributed by atoms with Gasteiger partial charge < -0.3 is 4.74 Å². The van der Waals surface area contributed by atoms with Gasteiger partial charge in [-0.15, -0.1) is 0 Å². The molecule has 2 nitrogen and oxygen atoms in total. The Morgan fingerprint density at radius 2 is 2.17 bits per heavy atom.